The molecule has 3 nitrogen and oxygen atoms in total. The molecule has 94 valence electrons. The summed E-state index contributed by atoms with van der Waals surface area (Å²) in [6, 6.07) is 7.85. The van der Waals surface area contributed by atoms with Gasteiger partial charge in [0.15, 0.2) is 0 Å². The van der Waals surface area contributed by atoms with Gasteiger partial charge in [0.1, 0.15) is 5.82 Å². The molecule has 3 rings (SSSR count). The van der Waals surface area contributed by atoms with Gasteiger partial charge in [-0.3, -0.25) is 5.10 Å². The zero-order valence-corrected chi connectivity index (χ0v) is 10.3. The first-order chi connectivity index (χ1) is 8.72. The molecule has 18 heavy (non-hydrogen) atoms. The number of nitrogens with one attached hydrogen (secondary N) is 2. The van der Waals surface area contributed by atoms with Crippen molar-refractivity contribution < 1.29 is 4.39 Å². The minimum absolute atomic E-state index is 0.187. The highest BCUT2D eigenvalue weighted by Gasteiger charge is 2.20. The molecular weight excluding hydrogens is 229 g/mol. The van der Waals surface area contributed by atoms with Crippen LogP contribution in [-0.4, -0.2) is 16.2 Å². The zero-order valence-electron chi connectivity index (χ0n) is 10.3. The number of nitrogens with zero attached hydrogens (tertiary/aromatic N) is 1. The number of aromatic nitrogens is 2. The van der Waals surface area contributed by atoms with Crippen molar-refractivity contribution in [3.8, 4) is 11.3 Å². The quantitative estimate of drug-likeness (QED) is 0.869. The van der Waals surface area contributed by atoms with Crippen molar-refractivity contribution in [2.75, 3.05) is 0 Å². The van der Waals surface area contributed by atoms with E-state index in [0.29, 0.717) is 11.6 Å². The summed E-state index contributed by atoms with van der Waals surface area (Å²) >= 11 is 0. The fourth-order valence-electron chi connectivity index (χ4n) is 1.89. The molecule has 0 radical (unpaired) electrons. The number of H-pyrrole nitrogens is 1. The largest absolute Gasteiger partial charge is 0.308 e. The van der Waals surface area contributed by atoms with Crippen LogP contribution in [0.2, 0.25) is 0 Å². The Balaban J connectivity index is 1.76. The molecule has 1 aromatic carbocycles. The van der Waals surface area contributed by atoms with Crippen LogP contribution in [0.15, 0.2) is 24.3 Å². The summed E-state index contributed by atoms with van der Waals surface area (Å²) in [4.78, 5) is 0. The molecule has 0 aliphatic heterocycles. The van der Waals surface area contributed by atoms with Gasteiger partial charge in [-0.2, -0.15) is 5.10 Å². The van der Waals surface area contributed by atoms with Crippen molar-refractivity contribution in [1.82, 2.24) is 15.5 Å². The third-order valence-electron chi connectivity index (χ3n) is 3.26. The first-order valence-electron chi connectivity index (χ1n) is 6.26. The van der Waals surface area contributed by atoms with Crippen LogP contribution in [0.5, 0.6) is 0 Å². The molecule has 0 spiro atoms. The van der Waals surface area contributed by atoms with Crippen LogP contribution in [0, 0.1) is 12.7 Å². The van der Waals surface area contributed by atoms with Gasteiger partial charge in [0.25, 0.3) is 0 Å². The number of hydrogen-bond acceptors (Lipinski definition) is 2. The van der Waals surface area contributed by atoms with E-state index in [-0.39, 0.29) is 5.82 Å². The summed E-state index contributed by atoms with van der Waals surface area (Å²) in [6.07, 6.45) is 2.54. The van der Waals surface area contributed by atoms with Gasteiger partial charge >= 0.3 is 0 Å². The van der Waals surface area contributed by atoms with Crippen LogP contribution in [0.1, 0.15) is 24.1 Å². The second kappa shape index (κ2) is 4.53. The van der Waals surface area contributed by atoms with Crippen molar-refractivity contribution >= 4 is 0 Å². The van der Waals surface area contributed by atoms with Crippen molar-refractivity contribution in [1.29, 1.82) is 0 Å². The van der Waals surface area contributed by atoms with Gasteiger partial charge in [-0.1, -0.05) is 12.1 Å². The number of hydrogen-bond donors (Lipinski definition) is 2. The van der Waals surface area contributed by atoms with E-state index in [9.17, 15) is 4.39 Å². The van der Waals surface area contributed by atoms with E-state index < -0.39 is 0 Å². The number of rotatable bonds is 4. The predicted molar refractivity (Wildman–Crippen MR) is 68.6 cm³/mol. The second-order valence-electron chi connectivity index (χ2n) is 4.90. The van der Waals surface area contributed by atoms with E-state index in [4.69, 9.17) is 0 Å². The highest BCUT2D eigenvalue weighted by atomic mass is 19.1. The molecule has 1 saturated carbocycles. The molecule has 2 aromatic rings. The topological polar surface area (TPSA) is 40.7 Å². The van der Waals surface area contributed by atoms with Gasteiger partial charge in [0.05, 0.1) is 5.69 Å². The number of aromatic amines is 1. The van der Waals surface area contributed by atoms with Crippen LogP contribution >= 0.6 is 0 Å². The Labute approximate surface area is 105 Å². The van der Waals surface area contributed by atoms with E-state index in [1.807, 2.05) is 12.1 Å². The Bertz CT molecular complexity index is 558. The zero-order chi connectivity index (χ0) is 12.5. The molecule has 0 unspecified atom stereocenters. The van der Waals surface area contributed by atoms with Gasteiger partial charge in [0, 0.05) is 23.8 Å². The average Bonchev–Trinajstić information content (AvgIpc) is 3.08. The third kappa shape index (κ3) is 2.43. The number of halogens is 1. The molecule has 0 amide bonds. The molecule has 1 aliphatic carbocycles. The SMILES string of the molecule is Cc1ccc(-c2cc(CNC3CC3)[nH]n2)cc1F. The van der Waals surface area contributed by atoms with E-state index >= 15 is 0 Å². The molecule has 0 saturated heterocycles. The average molecular weight is 245 g/mol. The third-order valence-corrected chi connectivity index (χ3v) is 3.26. The standard InChI is InChI=1S/C14H16FN3/c1-9-2-3-10(6-13(9)15)14-7-12(17-18-14)8-16-11-4-5-11/h2-3,6-7,11,16H,4-5,8H2,1H3,(H,17,18). The molecule has 0 atom stereocenters. The van der Waals surface area contributed by atoms with E-state index in [1.165, 1.54) is 18.9 Å². The van der Waals surface area contributed by atoms with Crippen LogP contribution in [-0.2, 0) is 6.54 Å². The minimum atomic E-state index is -0.187. The van der Waals surface area contributed by atoms with Gasteiger partial charge in [0.2, 0.25) is 0 Å². The maximum absolute atomic E-state index is 13.5. The highest BCUT2D eigenvalue weighted by Crippen LogP contribution is 2.22. The summed E-state index contributed by atoms with van der Waals surface area (Å²) < 4.78 is 13.5. The first-order valence-corrected chi connectivity index (χ1v) is 6.26. The molecule has 1 heterocycles. The monoisotopic (exact) mass is 245 g/mol. The van der Waals surface area contributed by atoms with Crippen molar-refractivity contribution in [3.63, 3.8) is 0 Å². The molecular formula is C14H16FN3. The van der Waals surface area contributed by atoms with Gasteiger partial charge in [-0.05, 0) is 37.5 Å². The lowest BCUT2D eigenvalue weighted by Gasteiger charge is -1.99. The summed E-state index contributed by atoms with van der Waals surface area (Å²) in [5, 5.41) is 10.6. The van der Waals surface area contributed by atoms with E-state index in [0.717, 1.165) is 23.5 Å². The Hall–Kier alpha value is -1.68. The second-order valence-corrected chi connectivity index (χ2v) is 4.90. The molecule has 2 N–H and O–H groups in total. The van der Waals surface area contributed by atoms with Crippen molar-refractivity contribution in [2.24, 2.45) is 0 Å². The number of benzene rings is 1. The van der Waals surface area contributed by atoms with Gasteiger partial charge < -0.3 is 5.32 Å². The summed E-state index contributed by atoms with van der Waals surface area (Å²) in [5.74, 6) is -0.187. The number of aryl methyl sites for hydroxylation is 1. The minimum Gasteiger partial charge on any atom is -0.308 e. The lowest BCUT2D eigenvalue weighted by molar-refractivity contribution is 0.619. The molecule has 1 aliphatic rings. The normalized spacial score (nSPS) is 15.0. The van der Waals surface area contributed by atoms with Gasteiger partial charge in [-0.25, -0.2) is 4.39 Å². The fraction of sp³-hybridized carbons (Fsp3) is 0.357. The van der Waals surface area contributed by atoms with Gasteiger partial charge in [-0.15, -0.1) is 0 Å². The van der Waals surface area contributed by atoms with Crippen LogP contribution in [0.4, 0.5) is 4.39 Å². The molecule has 1 aromatic heterocycles. The van der Waals surface area contributed by atoms with Crippen molar-refractivity contribution in [3.05, 3.63) is 41.3 Å². The van der Waals surface area contributed by atoms with Crippen LogP contribution in [0.25, 0.3) is 11.3 Å². The molecule has 4 heteroatoms. The Morgan fingerprint density at radius 2 is 2.22 bits per heavy atom. The maximum atomic E-state index is 13.5. The summed E-state index contributed by atoms with van der Waals surface area (Å²) in [5.41, 5.74) is 3.30. The Morgan fingerprint density at radius 3 is 2.94 bits per heavy atom. The predicted octanol–water partition coefficient (Wildman–Crippen LogP) is 2.78. The maximum Gasteiger partial charge on any atom is 0.126 e. The summed E-state index contributed by atoms with van der Waals surface area (Å²) in [6.45, 7) is 2.56. The van der Waals surface area contributed by atoms with Crippen LogP contribution in [0.3, 0.4) is 0 Å². The smallest absolute Gasteiger partial charge is 0.126 e. The lowest BCUT2D eigenvalue weighted by atomic mass is 10.1. The Kier molecular flexibility index (Phi) is 2.88. The molecule has 1 fully saturated rings. The van der Waals surface area contributed by atoms with Crippen molar-refractivity contribution in [2.45, 2.75) is 32.4 Å². The lowest BCUT2D eigenvalue weighted by Crippen LogP contribution is -2.15. The van der Waals surface area contributed by atoms with E-state index in [2.05, 4.69) is 15.5 Å². The van der Waals surface area contributed by atoms with Crippen LogP contribution < -0.4 is 5.32 Å². The summed E-state index contributed by atoms with van der Waals surface area (Å²) in [7, 11) is 0. The Morgan fingerprint density at radius 1 is 1.39 bits per heavy atom. The molecule has 0 bridgehead atoms. The highest BCUT2D eigenvalue weighted by molar-refractivity contribution is 5.59. The first kappa shape index (κ1) is 11.4. The fourth-order valence-corrected chi connectivity index (χ4v) is 1.89. The van der Waals surface area contributed by atoms with E-state index in [1.54, 1.807) is 13.0 Å².